The number of rotatable bonds is 1. The zero-order valence-corrected chi connectivity index (χ0v) is 13.4. The van der Waals surface area contributed by atoms with E-state index in [1.165, 1.54) is 11.1 Å². The van der Waals surface area contributed by atoms with Crippen molar-refractivity contribution >= 4 is 38.9 Å². The van der Waals surface area contributed by atoms with Gasteiger partial charge in [0.05, 0.1) is 5.69 Å². The van der Waals surface area contributed by atoms with E-state index >= 15 is 0 Å². The molecule has 0 fully saturated rings. The van der Waals surface area contributed by atoms with E-state index in [0.717, 1.165) is 34.8 Å². The van der Waals surface area contributed by atoms with Crippen LogP contribution in [0.3, 0.4) is 0 Å². The molecule has 0 bridgehead atoms. The molecule has 2 aromatic rings. The van der Waals surface area contributed by atoms with Crippen molar-refractivity contribution in [1.29, 1.82) is 0 Å². The summed E-state index contributed by atoms with van der Waals surface area (Å²) in [5, 5.41) is 4.10. The second-order valence-corrected chi connectivity index (χ2v) is 6.09. The minimum Gasteiger partial charge on any atom is -0.344 e. The van der Waals surface area contributed by atoms with Gasteiger partial charge >= 0.3 is 0 Å². The molecule has 1 aliphatic rings. The average molecular weight is 347 g/mol. The fourth-order valence-electron chi connectivity index (χ4n) is 2.43. The highest BCUT2D eigenvalue weighted by molar-refractivity contribution is 9.10. The minimum absolute atomic E-state index is 0.784. The van der Waals surface area contributed by atoms with Crippen LogP contribution in [0.1, 0.15) is 11.1 Å². The fourth-order valence-corrected chi connectivity index (χ4v) is 3.08. The van der Waals surface area contributed by atoms with Crippen LogP contribution in [0.15, 0.2) is 53.0 Å². The maximum absolute atomic E-state index is 5.54. The Labute approximate surface area is 132 Å². The molecule has 0 aliphatic carbocycles. The van der Waals surface area contributed by atoms with E-state index in [4.69, 9.17) is 12.2 Å². The molecule has 0 aromatic heterocycles. The standard InChI is InChI=1S/C16H15BrN2S/c17-14-7-3-4-8-15(14)18-16(20)19-10-9-12-5-1-2-6-13(12)11-19/h1-8H,9-11H2,(H,18,20). The number of anilines is 1. The van der Waals surface area contributed by atoms with E-state index in [0.29, 0.717) is 0 Å². The highest BCUT2D eigenvalue weighted by Crippen LogP contribution is 2.23. The molecular weight excluding hydrogens is 332 g/mol. The number of fused-ring (bicyclic) bond motifs is 1. The second kappa shape index (κ2) is 5.94. The van der Waals surface area contributed by atoms with E-state index in [1.54, 1.807) is 0 Å². The van der Waals surface area contributed by atoms with E-state index < -0.39 is 0 Å². The number of nitrogens with one attached hydrogen (secondary N) is 1. The topological polar surface area (TPSA) is 15.3 Å². The Bertz CT molecular complexity index is 642. The molecule has 2 nitrogen and oxygen atoms in total. The van der Waals surface area contributed by atoms with Gasteiger partial charge in [-0.05, 0) is 57.8 Å². The molecule has 0 spiro atoms. The Morgan fingerprint density at radius 3 is 2.55 bits per heavy atom. The summed E-state index contributed by atoms with van der Waals surface area (Å²) in [7, 11) is 0. The summed E-state index contributed by atoms with van der Waals surface area (Å²) in [4.78, 5) is 2.22. The largest absolute Gasteiger partial charge is 0.344 e. The number of hydrogen-bond acceptors (Lipinski definition) is 1. The molecule has 0 amide bonds. The average Bonchev–Trinajstić information content (AvgIpc) is 2.49. The van der Waals surface area contributed by atoms with Gasteiger partial charge in [-0.2, -0.15) is 0 Å². The Balaban J connectivity index is 1.72. The lowest BCUT2D eigenvalue weighted by molar-refractivity contribution is 0.399. The summed E-state index contributed by atoms with van der Waals surface area (Å²) < 4.78 is 1.03. The van der Waals surface area contributed by atoms with Crippen LogP contribution >= 0.6 is 28.1 Å². The number of benzene rings is 2. The molecule has 1 N–H and O–H groups in total. The van der Waals surface area contributed by atoms with Gasteiger partial charge in [0.25, 0.3) is 0 Å². The number of nitrogens with zero attached hydrogens (tertiary/aromatic N) is 1. The van der Waals surface area contributed by atoms with Gasteiger partial charge < -0.3 is 10.2 Å². The Morgan fingerprint density at radius 1 is 1.05 bits per heavy atom. The molecule has 0 saturated carbocycles. The minimum atomic E-state index is 0.784. The zero-order valence-electron chi connectivity index (χ0n) is 11.0. The van der Waals surface area contributed by atoms with Crippen molar-refractivity contribution in [2.24, 2.45) is 0 Å². The van der Waals surface area contributed by atoms with Crippen LogP contribution in [0, 0.1) is 0 Å². The molecule has 20 heavy (non-hydrogen) atoms. The number of halogens is 1. The third-order valence-corrected chi connectivity index (χ3v) is 4.59. The van der Waals surface area contributed by atoms with E-state index in [9.17, 15) is 0 Å². The highest BCUT2D eigenvalue weighted by Gasteiger charge is 2.18. The van der Waals surface area contributed by atoms with Crippen molar-refractivity contribution in [2.75, 3.05) is 11.9 Å². The Morgan fingerprint density at radius 2 is 1.75 bits per heavy atom. The predicted octanol–water partition coefficient (Wildman–Crippen LogP) is 4.20. The van der Waals surface area contributed by atoms with E-state index in [-0.39, 0.29) is 0 Å². The van der Waals surface area contributed by atoms with Crippen LogP contribution < -0.4 is 5.32 Å². The molecule has 0 radical (unpaired) electrons. The van der Waals surface area contributed by atoms with Crippen molar-refractivity contribution in [3.8, 4) is 0 Å². The van der Waals surface area contributed by atoms with Crippen molar-refractivity contribution in [3.63, 3.8) is 0 Å². The summed E-state index contributed by atoms with van der Waals surface area (Å²) in [6.07, 6.45) is 1.05. The predicted molar refractivity (Wildman–Crippen MR) is 90.9 cm³/mol. The van der Waals surface area contributed by atoms with Gasteiger partial charge in [-0.1, -0.05) is 36.4 Å². The quantitative estimate of drug-likeness (QED) is 0.779. The summed E-state index contributed by atoms with van der Waals surface area (Å²) in [5.74, 6) is 0. The third-order valence-electron chi connectivity index (χ3n) is 3.53. The second-order valence-electron chi connectivity index (χ2n) is 4.85. The first-order valence-electron chi connectivity index (χ1n) is 6.61. The monoisotopic (exact) mass is 346 g/mol. The van der Waals surface area contributed by atoms with E-state index in [1.807, 2.05) is 24.3 Å². The zero-order chi connectivity index (χ0) is 13.9. The highest BCUT2D eigenvalue weighted by atomic mass is 79.9. The molecule has 0 saturated heterocycles. The first kappa shape index (κ1) is 13.6. The molecule has 2 aromatic carbocycles. The number of hydrogen-bond donors (Lipinski definition) is 1. The van der Waals surface area contributed by atoms with Crippen LogP contribution in [0.4, 0.5) is 5.69 Å². The maximum Gasteiger partial charge on any atom is 0.173 e. The lowest BCUT2D eigenvalue weighted by atomic mass is 10.0. The molecule has 102 valence electrons. The van der Waals surface area contributed by atoms with Crippen molar-refractivity contribution in [3.05, 3.63) is 64.1 Å². The SMILES string of the molecule is S=C(Nc1ccccc1Br)N1CCc2ccccc2C1. The van der Waals surface area contributed by atoms with E-state index in [2.05, 4.69) is 50.4 Å². The molecule has 3 rings (SSSR count). The lowest BCUT2D eigenvalue weighted by Gasteiger charge is -2.31. The first-order valence-corrected chi connectivity index (χ1v) is 7.81. The number of thiocarbonyl (C=S) groups is 1. The molecule has 0 atom stereocenters. The summed E-state index contributed by atoms with van der Waals surface area (Å²) in [6, 6.07) is 16.6. The van der Waals surface area contributed by atoms with Crippen molar-refractivity contribution in [1.82, 2.24) is 4.90 Å². The normalized spacial score (nSPS) is 13.8. The van der Waals surface area contributed by atoms with Gasteiger partial charge in [0.2, 0.25) is 0 Å². The van der Waals surface area contributed by atoms with Crippen molar-refractivity contribution in [2.45, 2.75) is 13.0 Å². The molecule has 1 aliphatic heterocycles. The molecule has 4 heteroatoms. The summed E-state index contributed by atoms with van der Waals surface area (Å²) in [5.41, 5.74) is 3.82. The van der Waals surface area contributed by atoms with Gasteiger partial charge in [-0.15, -0.1) is 0 Å². The first-order chi connectivity index (χ1) is 9.74. The maximum atomic E-state index is 5.54. The fraction of sp³-hybridized carbons (Fsp3) is 0.188. The van der Waals surface area contributed by atoms with Gasteiger partial charge in [0.1, 0.15) is 0 Å². The Kier molecular flexibility index (Phi) is 4.03. The van der Waals surface area contributed by atoms with Crippen molar-refractivity contribution < 1.29 is 0 Å². The van der Waals surface area contributed by atoms with Crippen LogP contribution in [0.2, 0.25) is 0 Å². The lowest BCUT2D eigenvalue weighted by Crippen LogP contribution is -2.38. The summed E-state index contributed by atoms with van der Waals surface area (Å²) in [6.45, 7) is 1.85. The summed E-state index contributed by atoms with van der Waals surface area (Å²) >= 11 is 9.07. The van der Waals surface area contributed by atoms with Crippen LogP contribution in [-0.2, 0) is 13.0 Å². The van der Waals surface area contributed by atoms with Gasteiger partial charge in [-0.3, -0.25) is 0 Å². The smallest absolute Gasteiger partial charge is 0.173 e. The molecular formula is C16H15BrN2S. The molecule has 1 heterocycles. The third kappa shape index (κ3) is 2.86. The number of para-hydroxylation sites is 1. The van der Waals surface area contributed by atoms with Gasteiger partial charge in [-0.25, -0.2) is 0 Å². The Hall–Kier alpha value is -1.39. The van der Waals surface area contributed by atoms with Crippen LogP contribution in [-0.4, -0.2) is 16.6 Å². The van der Waals surface area contributed by atoms with Crippen LogP contribution in [0.25, 0.3) is 0 Å². The molecule has 0 unspecified atom stereocenters. The van der Waals surface area contributed by atoms with Gasteiger partial charge in [0, 0.05) is 17.6 Å². The van der Waals surface area contributed by atoms with Crippen LogP contribution in [0.5, 0.6) is 0 Å². The van der Waals surface area contributed by atoms with Gasteiger partial charge in [0.15, 0.2) is 5.11 Å².